The zero-order valence-corrected chi connectivity index (χ0v) is 31.1. The monoisotopic (exact) mass is 757 g/mol. The third-order valence-electron chi connectivity index (χ3n) is 11.2. The van der Waals surface area contributed by atoms with Gasteiger partial charge in [0.1, 0.15) is 24.4 Å². The van der Waals surface area contributed by atoms with Gasteiger partial charge in [0.15, 0.2) is 5.82 Å². The topological polar surface area (TPSA) is 128 Å². The van der Waals surface area contributed by atoms with E-state index >= 15 is 0 Å². The number of nitriles is 1. The molecular weight excluding hydrogens is 716 g/mol. The van der Waals surface area contributed by atoms with Gasteiger partial charge >= 0.3 is 6.01 Å². The van der Waals surface area contributed by atoms with Crippen LogP contribution in [0.25, 0.3) is 16.8 Å². The molecule has 0 aliphatic carbocycles. The summed E-state index contributed by atoms with van der Waals surface area (Å²) in [6, 6.07) is 10.9. The van der Waals surface area contributed by atoms with Crippen molar-refractivity contribution in [3.8, 4) is 12.1 Å². The second kappa shape index (κ2) is 14.8. The Bertz CT molecular complexity index is 2140. The van der Waals surface area contributed by atoms with E-state index in [-0.39, 0.29) is 47.3 Å². The molecule has 2 aromatic carbocycles. The van der Waals surface area contributed by atoms with E-state index in [2.05, 4.69) is 30.9 Å². The third-order valence-corrected chi connectivity index (χ3v) is 11.6. The highest BCUT2D eigenvalue weighted by Gasteiger charge is 2.49. The lowest BCUT2D eigenvalue weighted by atomic mass is 9.95. The van der Waals surface area contributed by atoms with Gasteiger partial charge in [-0.05, 0) is 43.3 Å². The standard InChI is InChI=1S/C39H42ClF2N9O3/c1-24(2)36-45-32(54-47-36)9-10-33(52)51-18-17-49(21-27(51)11-14-43)37-28-12-16-48(31-6-3-5-25-7-8-29(42)35(40)34(25)31)22-30(28)44-38(46-37)53-23-39-13-4-15-50(39)20-26(41)19-39/h3,5-10,24,26-27H,4,11-13,15-23H2,1-2H3/b10-9+/t26-,27+,39+/m1/s1. The van der Waals surface area contributed by atoms with Crippen LogP contribution >= 0.6 is 11.6 Å². The molecule has 0 radical (unpaired) electrons. The Kier molecular flexibility index (Phi) is 9.87. The van der Waals surface area contributed by atoms with Gasteiger partial charge in [0.25, 0.3) is 5.89 Å². The smallest absolute Gasteiger partial charge is 0.318 e. The normalized spacial score (nSPS) is 23.0. The molecule has 15 heteroatoms. The number of alkyl halides is 1. The number of hydrogen-bond donors (Lipinski definition) is 0. The minimum atomic E-state index is -0.893. The average molecular weight is 758 g/mol. The van der Waals surface area contributed by atoms with Gasteiger partial charge in [0, 0.05) is 73.9 Å². The van der Waals surface area contributed by atoms with Crippen LogP contribution in [0, 0.1) is 17.1 Å². The summed E-state index contributed by atoms with van der Waals surface area (Å²) in [5.41, 5.74) is 2.14. The second-order valence-electron chi connectivity index (χ2n) is 15.0. The second-order valence-corrected chi connectivity index (χ2v) is 15.4. The number of anilines is 2. The molecule has 12 nitrogen and oxygen atoms in total. The first kappa shape index (κ1) is 36.1. The number of benzene rings is 2. The van der Waals surface area contributed by atoms with Crippen LogP contribution in [0.5, 0.6) is 6.01 Å². The number of carbonyl (C=O) groups excluding carboxylic acids is 1. The number of ether oxygens (including phenoxy) is 1. The third kappa shape index (κ3) is 6.84. The number of carbonyl (C=O) groups is 1. The number of amides is 1. The zero-order valence-electron chi connectivity index (χ0n) is 30.3. The van der Waals surface area contributed by atoms with Gasteiger partial charge in [0.2, 0.25) is 5.91 Å². The number of piperazine rings is 1. The number of aromatic nitrogens is 4. The van der Waals surface area contributed by atoms with Gasteiger partial charge in [-0.15, -0.1) is 0 Å². The van der Waals surface area contributed by atoms with Crippen molar-refractivity contribution < 1.29 is 22.8 Å². The quantitative estimate of drug-likeness (QED) is 0.184. The molecule has 3 saturated heterocycles. The summed E-state index contributed by atoms with van der Waals surface area (Å²) < 4.78 is 41.0. The number of nitrogens with zero attached hydrogens (tertiary/aromatic N) is 9. The molecule has 54 heavy (non-hydrogen) atoms. The molecule has 3 fully saturated rings. The lowest BCUT2D eigenvalue weighted by Crippen LogP contribution is -2.55. The summed E-state index contributed by atoms with van der Waals surface area (Å²) in [5, 5.41) is 15.3. The van der Waals surface area contributed by atoms with Crippen molar-refractivity contribution in [2.24, 2.45) is 0 Å². The maximum Gasteiger partial charge on any atom is 0.318 e. The van der Waals surface area contributed by atoms with Crippen LogP contribution in [0.3, 0.4) is 0 Å². The van der Waals surface area contributed by atoms with Crippen LogP contribution in [0.15, 0.2) is 40.9 Å². The lowest BCUT2D eigenvalue weighted by molar-refractivity contribution is -0.128. The minimum Gasteiger partial charge on any atom is -0.461 e. The Morgan fingerprint density at radius 3 is 2.83 bits per heavy atom. The highest BCUT2D eigenvalue weighted by molar-refractivity contribution is 6.36. The highest BCUT2D eigenvalue weighted by Crippen LogP contribution is 2.41. The zero-order chi connectivity index (χ0) is 37.6. The fourth-order valence-corrected chi connectivity index (χ4v) is 8.80. The molecule has 0 unspecified atom stereocenters. The Hall–Kier alpha value is -4.87. The van der Waals surface area contributed by atoms with E-state index in [1.165, 1.54) is 18.2 Å². The Morgan fingerprint density at radius 1 is 1.15 bits per heavy atom. The maximum atomic E-state index is 14.7. The fraction of sp³-hybridized carbons (Fsp3) is 0.487. The SMILES string of the molecule is CC(C)c1noc(/C=C/C(=O)N2CCN(c3nc(OC[C@@]45CCCN4C[C@H](F)C5)nc4c3CCN(c3cccc5ccc(F)c(Cl)c35)C4)C[C@@H]2CC#N)n1. The molecule has 4 aliphatic rings. The molecule has 0 N–H and O–H groups in total. The van der Waals surface area contributed by atoms with Crippen molar-refractivity contribution in [2.75, 3.05) is 55.7 Å². The predicted molar refractivity (Wildman–Crippen MR) is 200 cm³/mol. The van der Waals surface area contributed by atoms with Gasteiger partial charge in [-0.1, -0.05) is 48.8 Å². The van der Waals surface area contributed by atoms with E-state index < -0.39 is 18.0 Å². The van der Waals surface area contributed by atoms with Gasteiger partial charge in [-0.25, -0.2) is 8.78 Å². The van der Waals surface area contributed by atoms with E-state index in [9.17, 15) is 18.8 Å². The van der Waals surface area contributed by atoms with E-state index in [1.54, 1.807) is 11.0 Å². The van der Waals surface area contributed by atoms with Crippen LogP contribution in [-0.4, -0.2) is 99.4 Å². The summed E-state index contributed by atoms with van der Waals surface area (Å²) in [6.45, 7) is 7.63. The number of hydrogen-bond acceptors (Lipinski definition) is 11. The summed E-state index contributed by atoms with van der Waals surface area (Å²) in [4.78, 5) is 35.9. The molecule has 282 valence electrons. The summed E-state index contributed by atoms with van der Waals surface area (Å²) in [6.07, 6.45) is 4.99. The molecule has 1 amide bonds. The van der Waals surface area contributed by atoms with Crippen molar-refractivity contribution in [1.82, 2.24) is 29.9 Å². The van der Waals surface area contributed by atoms with Gasteiger partial charge in [0.05, 0.1) is 41.3 Å². The predicted octanol–water partition coefficient (Wildman–Crippen LogP) is 6.09. The highest BCUT2D eigenvalue weighted by atomic mass is 35.5. The van der Waals surface area contributed by atoms with Crippen LogP contribution < -0.4 is 14.5 Å². The van der Waals surface area contributed by atoms with E-state index in [0.29, 0.717) is 69.1 Å². The summed E-state index contributed by atoms with van der Waals surface area (Å²) in [5.74, 6) is 0.855. The number of fused-ring (bicyclic) bond motifs is 3. The van der Waals surface area contributed by atoms with Crippen LogP contribution in [0.4, 0.5) is 20.3 Å². The van der Waals surface area contributed by atoms with Gasteiger partial charge in [-0.2, -0.15) is 20.2 Å². The maximum absolute atomic E-state index is 14.7. The largest absolute Gasteiger partial charge is 0.461 e. The van der Waals surface area contributed by atoms with Crippen LogP contribution in [0.2, 0.25) is 5.02 Å². The Balaban J connectivity index is 1.09. The molecule has 2 aromatic heterocycles. The number of rotatable bonds is 9. The van der Waals surface area contributed by atoms with E-state index in [4.69, 9.17) is 30.8 Å². The van der Waals surface area contributed by atoms with Crippen molar-refractivity contribution in [3.63, 3.8) is 0 Å². The molecule has 0 saturated carbocycles. The first-order chi connectivity index (χ1) is 26.1. The van der Waals surface area contributed by atoms with Crippen molar-refractivity contribution in [3.05, 3.63) is 70.2 Å². The fourth-order valence-electron chi connectivity index (χ4n) is 8.53. The van der Waals surface area contributed by atoms with Crippen LogP contribution in [-0.2, 0) is 17.8 Å². The first-order valence-corrected chi connectivity index (χ1v) is 19.0. The molecular formula is C39H42ClF2N9O3. The van der Waals surface area contributed by atoms with Gasteiger partial charge < -0.3 is 24.0 Å². The van der Waals surface area contributed by atoms with E-state index in [0.717, 1.165) is 41.7 Å². The molecule has 8 rings (SSSR count). The Labute approximate surface area is 317 Å². The van der Waals surface area contributed by atoms with Crippen molar-refractivity contribution in [2.45, 2.75) is 76.2 Å². The van der Waals surface area contributed by atoms with Crippen LogP contribution in [0.1, 0.15) is 68.4 Å². The summed E-state index contributed by atoms with van der Waals surface area (Å²) >= 11 is 6.55. The van der Waals surface area contributed by atoms with Crippen molar-refractivity contribution in [1.29, 1.82) is 5.26 Å². The molecule has 4 aliphatic heterocycles. The van der Waals surface area contributed by atoms with Gasteiger partial charge in [-0.3, -0.25) is 9.69 Å². The lowest BCUT2D eigenvalue weighted by Gasteiger charge is -2.42. The molecule has 0 spiro atoms. The first-order valence-electron chi connectivity index (χ1n) is 18.6. The van der Waals surface area contributed by atoms with E-state index in [1.807, 2.05) is 32.0 Å². The molecule has 3 atom stereocenters. The minimum absolute atomic E-state index is 0.0765. The summed E-state index contributed by atoms with van der Waals surface area (Å²) in [7, 11) is 0. The molecule has 4 aromatic rings. The average Bonchev–Trinajstić information content (AvgIpc) is 3.88. The molecule has 0 bridgehead atoms. The number of halogens is 3. The van der Waals surface area contributed by atoms with Crippen molar-refractivity contribution >= 4 is 45.9 Å². The molecule has 6 heterocycles. The Morgan fingerprint density at radius 2 is 2.02 bits per heavy atom.